The number of nitrogens with one attached hydrogen (secondary N) is 1. The zero-order valence-corrected chi connectivity index (χ0v) is 10.6. The number of halogens is 1. The van der Waals surface area contributed by atoms with Gasteiger partial charge in [0.1, 0.15) is 5.78 Å². The lowest BCUT2D eigenvalue weighted by molar-refractivity contribution is -0.917. The molecule has 0 spiro atoms. The summed E-state index contributed by atoms with van der Waals surface area (Å²) < 4.78 is 0. The minimum atomic E-state index is 0. The first-order chi connectivity index (χ1) is 7.36. The van der Waals surface area contributed by atoms with Crippen LogP contribution in [0.3, 0.4) is 0 Å². The van der Waals surface area contributed by atoms with Crippen LogP contribution in [-0.2, 0) is 4.79 Å². The van der Waals surface area contributed by atoms with Gasteiger partial charge in [-0.25, -0.2) is 0 Å². The zero-order chi connectivity index (χ0) is 10.3. The topological polar surface area (TPSA) is 21.5 Å². The molecule has 1 aliphatic heterocycles. The molecule has 2 nitrogen and oxygen atoms in total. The van der Waals surface area contributed by atoms with Gasteiger partial charge >= 0.3 is 0 Å². The third-order valence-corrected chi connectivity index (χ3v) is 4.92. The molecule has 0 radical (unpaired) electrons. The van der Waals surface area contributed by atoms with E-state index in [0.29, 0.717) is 23.7 Å². The maximum absolute atomic E-state index is 12.2. The standard InChI is InChI=1S/C13H21NO.ClH/c15-13-10-4-3-5-11(13)12(7-6-10)14-8-1-2-9-14;/h10-12H,1-9H2;1H. The van der Waals surface area contributed by atoms with E-state index in [2.05, 4.69) is 0 Å². The Kier molecular flexibility index (Phi) is 3.91. The fraction of sp³-hybridized carbons (Fsp3) is 0.923. The van der Waals surface area contributed by atoms with Crippen molar-refractivity contribution in [3.63, 3.8) is 0 Å². The van der Waals surface area contributed by atoms with E-state index >= 15 is 0 Å². The summed E-state index contributed by atoms with van der Waals surface area (Å²) in [5.41, 5.74) is 0. The van der Waals surface area contributed by atoms with E-state index in [4.69, 9.17) is 0 Å². The molecule has 2 aliphatic carbocycles. The summed E-state index contributed by atoms with van der Waals surface area (Å²) in [4.78, 5) is 13.9. The smallest absolute Gasteiger partial charge is 0.144 e. The van der Waals surface area contributed by atoms with Gasteiger partial charge < -0.3 is 17.3 Å². The second-order valence-electron chi connectivity index (χ2n) is 5.69. The number of carbonyl (C=O) groups excluding carboxylic acids is 1. The van der Waals surface area contributed by atoms with Crippen LogP contribution < -0.4 is 17.3 Å². The molecule has 3 unspecified atom stereocenters. The van der Waals surface area contributed by atoms with Crippen molar-refractivity contribution in [1.29, 1.82) is 0 Å². The lowest BCUT2D eigenvalue weighted by atomic mass is 9.68. The summed E-state index contributed by atoms with van der Waals surface area (Å²) in [6.45, 7) is 2.66. The van der Waals surface area contributed by atoms with Crippen LogP contribution in [0.2, 0.25) is 0 Å². The zero-order valence-electron chi connectivity index (χ0n) is 9.88. The maximum atomic E-state index is 12.2. The Morgan fingerprint density at radius 1 is 0.938 bits per heavy atom. The molecular weight excluding hydrogens is 222 g/mol. The van der Waals surface area contributed by atoms with Crippen LogP contribution in [0, 0.1) is 11.8 Å². The van der Waals surface area contributed by atoms with Gasteiger partial charge in [0.25, 0.3) is 0 Å². The van der Waals surface area contributed by atoms with E-state index in [-0.39, 0.29) is 12.4 Å². The third-order valence-electron chi connectivity index (χ3n) is 4.92. The Morgan fingerprint density at radius 2 is 1.69 bits per heavy atom. The molecule has 0 amide bonds. The van der Waals surface area contributed by atoms with E-state index in [9.17, 15) is 4.79 Å². The molecule has 1 heterocycles. The summed E-state index contributed by atoms with van der Waals surface area (Å²) >= 11 is 0. The van der Waals surface area contributed by atoms with Crippen molar-refractivity contribution in [2.45, 2.75) is 51.0 Å². The molecular formula is C13H22ClNO. The van der Waals surface area contributed by atoms with Crippen LogP contribution in [0.4, 0.5) is 0 Å². The predicted molar refractivity (Wildman–Crippen MR) is 58.8 cm³/mol. The molecule has 0 aromatic rings. The average Bonchev–Trinajstić information content (AvgIpc) is 2.70. The van der Waals surface area contributed by atoms with E-state index in [1.165, 1.54) is 58.0 Å². The van der Waals surface area contributed by atoms with E-state index in [1.54, 1.807) is 4.90 Å². The van der Waals surface area contributed by atoms with E-state index in [0.717, 1.165) is 0 Å². The van der Waals surface area contributed by atoms with Gasteiger partial charge in [0.15, 0.2) is 0 Å². The fourth-order valence-electron chi connectivity index (χ4n) is 4.13. The highest BCUT2D eigenvalue weighted by atomic mass is 35.5. The normalized spacial score (nSPS) is 39.5. The van der Waals surface area contributed by atoms with Gasteiger partial charge in [-0.1, -0.05) is 6.42 Å². The van der Waals surface area contributed by atoms with Crippen LogP contribution in [0.15, 0.2) is 0 Å². The quantitative estimate of drug-likeness (QED) is 0.556. The van der Waals surface area contributed by atoms with Crippen molar-refractivity contribution < 1.29 is 22.1 Å². The van der Waals surface area contributed by atoms with Gasteiger partial charge in [0, 0.05) is 25.2 Å². The SMILES string of the molecule is O=C1C2CCCC1C([NH+]1CCCC1)CC2.[Cl-]. The summed E-state index contributed by atoms with van der Waals surface area (Å²) in [5, 5.41) is 0. The minimum Gasteiger partial charge on any atom is -1.00 e. The summed E-state index contributed by atoms with van der Waals surface area (Å²) in [5.74, 6) is 1.55. The maximum Gasteiger partial charge on any atom is 0.144 e. The average molecular weight is 244 g/mol. The second-order valence-corrected chi connectivity index (χ2v) is 5.69. The molecule has 0 aromatic heterocycles. The predicted octanol–water partition coefficient (Wildman–Crippen LogP) is -2.18. The van der Waals surface area contributed by atoms with Crippen LogP contribution in [0.5, 0.6) is 0 Å². The Labute approximate surface area is 104 Å². The Balaban J connectivity index is 0.000000963. The molecule has 1 saturated heterocycles. The van der Waals surface area contributed by atoms with Crippen molar-refractivity contribution in [1.82, 2.24) is 0 Å². The first-order valence-electron chi connectivity index (χ1n) is 6.74. The van der Waals surface area contributed by atoms with Crippen molar-refractivity contribution in [2.75, 3.05) is 13.1 Å². The number of Topliss-reactive ketones (excluding diaryl/α,β-unsaturated/α-hetero) is 1. The van der Waals surface area contributed by atoms with Crippen molar-refractivity contribution in [2.24, 2.45) is 11.8 Å². The number of fused-ring (bicyclic) bond motifs is 2. The number of likely N-dealkylation sites (tertiary alicyclic amines) is 1. The van der Waals surface area contributed by atoms with Crippen LogP contribution in [0.1, 0.15) is 44.9 Å². The van der Waals surface area contributed by atoms with E-state index < -0.39 is 0 Å². The molecule has 3 atom stereocenters. The number of hydrogen-bond donors (Lipinski definition) is 1. The van der Waals surface area contributed by atoms with Gasteiger partial charge in [0.2, 0.25) is 0 Å². The highest BCUT2D eigenvalue weighted by Gasteiger charge is 2.45. The summed E-state index contributed by atoms with van der Waals surface area (Å²) in [7, 11) is 0. The van der Waals surface area contributed by atoms with Gasteiger partial charge in [-0.3, -0.25) is 4.79 Å². The monoisotopic (exact) mass is 243 g/mol. The minimum absolute atomic E-state index is 0. The van der Waals surface area contributed by atoms with Crippen LogP contribution in [-0.4, -0.2) is 24.9 Å². The molecule has 2 bridgehead atoms. The number of ketones is 1. The lowest BCUT2D eigenvalue weighted by Crippen LogP contribution is -3.15. The molecule has 16 heavy (non-hydrogen) atoms. The highest BCUT2D eigenvalue weighted by Crippen LogP contribution is 2.36. The van der Waals surface area contributed by atoms with Gasteiger partial charge in [0.05, 0.1) is 25.0 Å². The molecule has 92 valence electrons. The molecule has 3 fully saturated rings. The third kappa shape index (κ3) is 2.02. The fourth-order valence-corrected chi connectivity index (χ4v) is 4.13. The Morgan fingerprint density at radius 3 is 2.44 bits per heavy atom. The largest absolute Gasteiger partial charge is 1.00 e. The molecule has 3 heteroatoms. The van der Waals surface area contributed by atoms with E-state index in [1.807, 2.05) is 0 Å². The summed E-state index contributed by atoms with van der Waals surface area (Å²) in [6, 6.07) is 0.705. The summed E-state index contributed by atoms with van der Waals surface area (Å²) in [6.07, 6.45) is 9.00. The van der Waals surface area contributed by atoms with Gasteiger partial charge in [-0.2, -0.15) is 0 Å². The van der Waals surface area contributed by atoms with Crippen molar-refractivity contribution in [3.8, 4) is 0 Å². The van der Waals surface area contributed by atoms with Crippen molar-refractivity contribution in [3.05, 3.63) is 0 Å². The molecule has 1 N–H and O–H groups in total. The highest BCUT2D eigenvalue weighted by molar-refractivity contribution is 5.85. The number of rotatable bonds is 1. The first kappa shape index (κ1) is 12.4. The number of quaternary nitrogens is 1. The van der Waals surface area contributed by atoms with Gasteiger partial charge in [-0.05, 0) is 19.3 Å². The lowest BCUT2D eigenvalue weighted by Gasteiger charge is -2.40. The Bertz CT molecular complexity index is 263. The van der Waals surface area contributed by atoms with Crippen LogP contribution in [0.25, 0.3) is 0 Å². The molecule has 0 aromatic carbocycles. The first-order valence-corrected chi connectivity index (χ1v) is 6.74. The Hall–Kier alpha value is -0.0800. The van der Waals surface area contributed by atoms with Crippen molar-refractivity contribution >= 4 is 5.78 Å². The molecule has 2 saturated carbocycles. The van der Waals surface area contributed by atoms with Gasteiger partial charge in [-0.15, -0.1) is 0 Å². The molecule has 3 aliphatic rings. The van der Waals surface area contributed by atoms with Crippen LogP contribution >= 0.6 is 0 Å². The second kappa shape index (κ2) is 5.05. The molecule has 3 rings (SSSR count). The number of carbonyl (C=O) groups is 1. The number of hydrogen-bond acceptors (Lipinski definition) is 1.